The van der Waals surface area contributed by atoms with Crippen molar-refractivity contribution in [3.8, 4) is 0 Å². The van der Waals surface area contributed by atoms with Crippen LogP contribution in [0.4, 0.5) is 0 Å². The maximum Gasteiger partial charge on any atom is 0.0526 e. The summed E-state index contributed by atoms with van der Waals surface area (Å²) in [5, 5.41) is 3.78. The van der Waals surface area contributed by atoms with Gasteiger partial charge in [-0.3, -0.25) is 0 Å². The van der Waals surface area contributed by atoms with Gasteiger partial charge in [-0.15, -0.1) is 0 Å². The van der Waals surface area contributed by atoms with Crippen LogP contribution < -0.4 is 5.32 Å². The SMILES string of the molecule is c1ccc2c(c1)CCCCC2CNCC1CC12CCOC2. The summed E-state index contributed by atoms with van der Waals surface area (Å²) in [5.74, 6) is 1.60. The first-order valence-electron chi connectivity index (χ1n) is 8.74. The van der Waals surface area contributed by atoms with Crippen molar-refractivity contribution in [2.24, 2.45) is 11.3 Å². The lowest BCUT2D eigenvalue weighted by molar-refractivity contribution is 0.178. The summed E-state index contributed by atoms with van der Waals surface area (Å²) in [4.78, 5) is 0. The molecule has 1 saturated heterocycles. The third kappa shape index (κ3) is 2.76. The van der Waals surface area contributed by atoms with E-state index in [0.29, 0.717) is 5.41 Å². The third-order valence-corrected chi connectivity index (χ3v) is 6.02. The molecule has 3 atom stereocenters. The maximum absolute atomic E-state index is 5.58. The summed E-state index contributed by atoms with van der Waals surface area (Å²) >= 11 is 0. The molecule has 0 radical (unpaired) electrons. The Morgan fingerprint density at radius 2 is 2.14 bits per heavy atom. The molecule has 21 heavy (non-hydrogen) atoms. The lowest BCUT2D eigenvalue weighted by Crippen LogP contribution is -2.25. The van der Waals surface area contributed by atoms with E-state index in [0.717, 1.165) is 31.6 Å². The van der Waals surface area contributed by atoms with E-state index in [1.54, 1.807) is 11.1 Å². The zero-order chi connectivity index (χ0) is 14.1. The van der Waals surface area contributed by atoms with Crippen molar-refractivity contribution in [1.29, 1.82) is 0 Å². The van der Waals surface area contributed by atoms with Gasteiger partial charge < -0.3 is 10.1 Å². The van der Waals surface area contributed by atoms with Crippen LogP contribution in [0.2, 0.25) is 0 Å². The monoisotopic (exact) mass is 285 g/mol. The van der Waals surface area contributed by atoms with Gasteiger partial charge in [0.2, 0.25) is 0 Å². The number of hydrogen-bond donors (Lipinski definition) is 1. The molecule has 3 aliphatic rings. The van der Waals surface area contributed by atoms with Crippen LogP contribution in [0.15, 0.2) is 24.3 Å². The standard InChI is InChI=1S/C19H27NO/c1-2-7-16(18-8-4-3-6-15(18)5-1)12-20-13-17-11-19(17)9-10-21-14-19/h3-4,6,8,16-17,20H,1-2,5,7,9-14H2. The van der Waals surface area contributed by atoms with Crippen LogP contribution in [0.3, 0.4) is 0 Å². The van der Waals surface area contributed by atoms with Crippen LogP contribution in [0.1, 0.15) is 49.1 Å². The van der Waals surface area contributed by atoms with Gasteiger partial charge in [-0.05, 0) is 61.6 Å². The van der Waals surface area contributed by atoms with Crippen LogP contribution >= 0.6 is 0 Å². The number of ether oxygens (including phenoxy) is 1. The molecule has 1 saturated carbocycles. The highest BCUT2D eigenvalue weighted by molar-refractivity contribution is 5.31. The van der Waals surface area contributed by atoms with Crippen molar-refractivity contribution in [3.63, 3.8) is 0 Å². The fourth-order valence-electron chi connectivity index (χ4n) is 4.49. The van der Waals surface area contributed by atoms with Crippen molar-refractivity contribution >= 4 is 0 Å². The van der Waals surface area contributed by atoms with Gasteiger partial charge >= 0.3 is 0 Å². The Labute approximate surface area is 128 Å². The molecule has 1 aromatic carbocycles. The number of aryl methyl sites for hydroxylation is 1. The normalized spacial score (nSPS) is 34.7. The molecule has 3 unspecified atom stereocenters. The van der Waals surface area contributed by atoms with Gasteiger partial charge in [0.1, 0.15) is 0 Å². The number of hydrogen-bond acceptors (Lipinski definition) is 2. The molecule has 4 rings (SSSR count). The van der Waals surface area contributed by atoms with E-state index in [4.69, 9.17) is 4.74 Å². The van der Waals surface area contributed by atoms with Crippen molar-refractivity contribution in [1.82, 2.24) is 5.32 Å². The van der Waals surface area contributed by atoms with Gasteiger partial charge in [0.15, 0.2) is 0 Å². The molecule has 114 valence electrons. The molecule has 1 aliphatic heterocycles. The van der Waals surface area contributed by atoms with Crippen LogP contribution in [0.5, 0.6) is 0 Å². The third-order valence-electron chi connectivity index (χ3n) is 6.02. The Hall–Kier alpha value is -0.860. The Kier molecular flexibility index (Phi) is 3.76. The molecule has 1 heterocycles. The highest BCUT2D eigenvalue weighted by atomic mass is 16.5. The molecular formula is C19H27NO. The molecule has 1 aromatic rings. The molecule has 1 spiro atoms. The van der Waals surface area contributed by atoms with E-state index < -0.39 is 0 Å². The molecule has 0 bridgehead atoms. The maximum atomic E-state index is 5.58. The predicted octanol–water partition coefficient (Wildman–Crippen LogP) is 3.51. The number of rotatable bonds is 4. The van der Waals surface area contributed by atoms with Gasteiger partial charge in [-0.1, -0.05) is 30.7 Å². The van der Waals surface area contributed by atoms with Gasteiger partial charge in [-0.25, -0.2) is 0 Å². The highest BCUT2D eigenvalue weighted by Crippen LogP contribution is 2.57. The van der Waals surface area contributed by atoms with Gasteiger partial charge in [0, 0.05) is 18.6 Å². The summed E-state index contributed by atoms with van der Waals surface area (Å²) in [6.07, 6.45) is 8.05. The van der Waals surface area contributed by atoms with Crippen LogP contribution in [-0.2, 0) is 11.2 Å². The average Bonchev–Trinajstić information content (AvgIpc) is 3.04. The van der Waals surface area contributed by atoms with Gasteiger partial charge in [0.05, 0.1) is 6.61 Å². The smallest absolute Gasteiger partial charge is 0.0526 e. The Morgan fingerprint density at radius 3 is 3.05 bits per heavy atom. The van der Waals surface area contributed by atoms with Crippen LogP contribution in [0, 0.1) is 11.3 Å². The van der Waals surface area contributed by atoms with E-state index in [-0.39, 0.29) is 0 Å². The lowest BCUT2D eigenvalue weighted by atomic mass is 9.92. The largest absolute Gasteiger partial charge is 0.381 e. The Morgan fingerprint density at radius 1 is 1.19 bits per heavy atom. The fraction of sp³-hybridized carbons (Fsp3) is 0.684. The highest BCUT2D eigenvalue weighted by Gasteiger charge is 2.55. The number of nitrogens with one attached hydrogen (secondary N) is 1. The minimum absolute atomic E-state index is 0.578. The summed E-state index contributed by atoms with van der Waals surface area (Å²) in [6, 6.07) is 9.10. The zero-order valence-corrected chi connectivity index (χ0v) is 12.9. The molecule has 1 N–H and O–H groups in total. The average molecular weight is 285 g/mol. The topological polar surface area (TPSA) is 21.3 Å². The first-order valence-corrected chi connectivity index (χ1v) is 8.74. The molecule has 0 amide bonds. The number of benzene rings is 1. The van der Waals surface area contributed by atoms with E-state index in [1.165, 1.54) is 45.1 Å². The molecule has 2 heteroatoms. The lowest BCUT2D eigenvalue weighted by Gasteiger charge is -2.18. The molecule has 2 fully saturated rings. The Bertz CT molecular complexity index is 492. The first-order chi connectivity index (χ1) is 10.4. The van der Waals surface area contributed by atoms with E-state index >= 15 is 0 Å². The Balaban J connectivity index is 1.33. The molecule has 0 aromatic heterocycles. The quantitative estimate of drug-likeness (QED) is 0.855. The second-order valence-corrected chi connectivity index (χ2v) is 7.37. The van der Waals surface area contributed by atoms with E-state index in [1.807, 2.05) is 0 Å². The van der Waals surface area contributed by atoms with Crippen LogP contribution in [-0.4, -0.2) is 26.3 Å². The first kappa shape index (κ1) is 13.8. The molecular weight excluding hydrogens is 258 g/mol. The van der Waals surface area contributed by atoms with Crippen LogP contribution in [0.25, 0.3) is 0 Å². The fourth-order valence-corrected chi connectivity index (χ4v) is 4.49. The second-order valence-electron chi connectivity index (χ2n) is 7.37. The van der Waals surface area contributed by atoms with Gasteiger partial charge in [-0.2, -0.15) is 0 Å². The minimum atomic E-state index is 0.578. The molecule has 2 aliphatic carbocycles. The van der Waals surface area contributed by atoms with Gasteiger partial charge in [0.25, 0.3) is 0 Å². The van der Waals surface area contributed by atoms with Crippen molar-refractivity contribution < 1.29 is 4.74 Å². The predicted molar refractivity (Wildman–Crippen MR) is 85.6 cm³/mol. The molecule has 2 nitrogen and oxygen atoms in total. The summed E-state index contributed by atoms with van der Waals surface area (Å²) < 4.78 is 5.58. The van der Waals surface area contributed by atoms with Crippen molar-refractivity contribution in [2.75, 3.05) is 26.3 Å². The summed E-state index contributed by atoms with van der Waals surface area (Å²) in [7, 11) is 0. The second kappa shape index (κ2) is 5.73. The van der Waals surface area contributed by atoms with E-state index in [9.17, 15) is 0 Å². The summed E-state index contributed by atoms with van der Waals surface area (Å²) in [5.41, 5.74) is 3.78. The van der Waals surface area contributed by atoms with Crippen molar-refractivity contribution in [2.45, 2.75) is 44.4 Å². The van der Waals surface area contributed by atoms with Crippen molar-refractivity contribution in [3.05, 3.63) is 35.4 Å². The minimum Gasteiger partial charge on any atom is -0.381 e. The van der Waals surface area contributed by atoms with E-state index in [2.05, 4.69) is 29.6 Å². The summed E-state index contributed by atoms with van der Waals surface area (Å²) in [6.45, 7) is 4.37. The zero-order valence-electron chi connectivity index (χ0n) is 12.9. The number of fused-ring (bicyclic) bond motifs is 1.